The van der Waals surface area contributed by atoms with Gasteiger partial charge in [-0.05, 0) is 21.9 Å². The van der Waals surface area contributed by atoms with Crippen molar-refractivity contribution in [1.29, 1.82) is 0 Å². The Morgan fingerprint density at radius 2 is 1.83 bits per heavy atom. The van der Waals surface area contributed by atoms with E-state index >= 15 is 0 Å². The van der Waals surface area contributed by atoms with Gasteiger partial charge in [0.25, 0.3) is 0 Å². The van der Waals surface area contributed by atoms with Crippen LogP contribution in [0.1, 0.15) is 23.3 Å². The molecular formula is C14H14N2O2. The van der Waals surface area contributed by atoms with E-state index in [0.717, 1.165) is 21.9 Å². The predicted molar refractivity (Wildman–Crippen MR) is 69.2 cm³/mol. The molecule has 4 heteroatoms. The summed E-state index contributed by atoms with van der Waals surface area (Å²) < 4.78 is 0. The van der Waals surface area contributed by atoms with E-state index in [1.165, 1.54) is 0 Å². The Morgan fingerprint density at radius 1 is 1.17 bits per heavy atom. The number of carbonyl (C=O) groups is 1. The van der Waals surface area contributed by atoms with Gasteiger partial charge >= 0.3 is 6.03 Å². The van der Waals surface area contributed by atoms with Crippen LogP contribution >= 0.6 is 0 Å². The van der Waals surface area contributed by atoms with Crippen LogP contribution in [-0.4, -0.2) is 18.2 Å². The molecule has 0 bridgehead atoms. The van der Waals surface area contributed by atoms with Crippen molar-refractivity contribution >= 4 is 16.8 Å². The highest BCUT2D eigenvalue weighted by atomic mass is 16.3. The zero-order valence-corrected chi connectivity index (χ0v) is 9.97. The summed E-state index contributed by atoms with van der Waals surface area (Å²) in [5, 5.41) is 17.8. The van der Waals surface area contributed by atoms with Gasteiger partial charge in [-0.15, -0.1) is 0 Å². The zero-order chi connectivity index (χ0) is 12.7. The van der Waals surface area contributed by atoms with E-state index in [4.69, 9.17) is 0 Å². The quantitative estimate of drug-likeness (QED) is 0.714. The molecule has 0 heterocycles. The molecule has 3 N–H and O–H groups in total. The molecule has 1 aliphatic carbocycles. The first kappa shape index (κ1) is 11.0. The highest BCUT2D eigenvalue weighted by Gasteiger charge is 2.33. The minimum absolute atomic E-state index is 0.288. The largest absolute Gasteiger partial charge is 0.386 e. The lowest BCUT2D eigenvalue weighted by Gasteiger charge is -2.18. The van der Waals surface area contributed by atoms with Crippen LogP contribution in [0, 0.1) is 0 Å². The van der Waals surface area contributed by atoms with E-state index in [1.807, 2.05) is 36.4 Å². The van der Waals surface area contributed by atoms with Crippen molar-refractivity contribution in [3.05, 3.63) is 47.5 Å². The molecule has 3 rings (SSSR count). The standard InChI is InChI=1S/C14H14N2O2/c1-15-14(18)16-12-9-6-2-4-8-5-3-7-10(11(8)9)13(12)17/h2-7,12-13,17H,1H3,(H2,15,16,18)/t12-,13-/m0/s1. The van der Waals surface area contributed by atoms with E-state index in [1.54, 1.807) is 7.05 Å². The third-order valence-corrected chi connectivity index (χ3v) is 3.45. The van der Waals surface area contributed by atoms with E-state index < -0.39 is 6.10 Å². The third kappa shape index (κ3) is 1.46. The molecule has 2 aromatic rings. The van der Waals surface area contributed by atoms with Gasteiger partial charge in [-0.3, -0.25) is 0 Å². The Bertz CT molecular complexity index is 619. The first-order valence-corrected chi connectivity index (χ1v) is 5.90. The van der Waals surface area contributed by atoms with Crippen molar-refractivity contribution in [3.8, 4) is 0 Å². The summed E-state index contributed by atoms with van der Waals surface area (Å²) in [4.78, 5) is 11.5. The molecule has 0 saturated carbocycles. The van der Waals surface area contributed by atoms with Crippen molar-refractivity contribution in [2.45, 2.75) is 12.1 Å². The number of urea groups is 1. The number of aliphatic hydroxyl groups excluding tert-OH is 1. The SMILES string of the molecule is CNC(=O)N[C@H]1c2cccc3cccc(c23)[C@@H]1O. The van der Waals surface area contributed by atoms with Crippen LogP contribution in [0.4, 0.5) is 4.79 Å². The van der Waals surface area contributed by atoms with Crippen molar-refractivity contribution in [1.82, 2.24) is 10.6 Å². The fraction of sp³-hybridized carbons (Fsp3) is 0.214. The topological polar surface area (TPSA) is 61.4 Å². The molecule has 0 fully saturated rings. The van der Waals surface area contributed by atoms with Gasteiger partial charge in [0.1, 0.15) is 6.10 Å². The van der Waals surface area contributed by atoms with Crippen molar-refractivity contribution in [2.24, 2.45) is 0 Å². The number of hydrogen-bond acceptors (Lipinski definition) is 2. The number of nitrogens with one attached hydrogen (secondary N) is 2. The average molecular weight is 242 g/mol. The summed E-state index contributed by atoms with van der Waals surface area (Å²) in [7, 11) is 1.56. The third-order valence-electron chi connectivity index (χ3n) is 3.45. The smallest absolute Gasteiger partial charge is 0.315 e. The second-order valence-electron chi connectivity index (χ2n) is 4.44. The van der Waals surface area contributed by atoms with Gasteiger partial charge < -0.3 is 15.7 Å². The first-order chi connectivity index (χ1) is 8.72. The Balaban J connectivity index is 2.13. The highest BCUT2D eigenvalue weighted by Crippen LogP contribution is 2.43. The van der Waals surface area contributed by atoms with Crippen LogP contribution in [0.25, 0.3) is 10.8 Å². The maximum atomic E-state index is 11.5. The molecule has 0 aromatic heterocycles. The van der Waals surface area contributed by atoms with Crippen molar-refractivity contribution < 1.29 is 9.90 Å². The Morgan fingerprint density at radius 3 is 2.50 bits per heavy atom. The van der Waals surface area contributed by atoms with Crippen LogP contribution in [0.15, 0.2) is 36.4 Å². The Hall–Kier alpha value is -2.07. The van der Waals surface area contributed by atoms with Gasteiger partial charge in [0.05, 0.1) is 6.04 Å². The van der Waals surface area contributed by atoms with Crippen LogP contribution in [0.3, 0.4) is 0 Å². The molecule has 18 heavy (non-hydrogen) atoms. The molecule has 1 aliphatic rings. The Kier molecular flexibility index (Phi) is 2.45. The van der Waals surface area contributed by atoms with Gasteiger partial charge in [0.15, 0.2) is 0 Å². The molecule has 0 unspecified atom stereocenters. The van der Waals surface area contributed by atoms with E-state index in [9.17, 15) is 9.90 Å². The molecule has 0 aliphatic heterocycles. The molecule has 2 amide bonds. The van der Waals surface area contributed by atoms with E-state index in [-0.39, 0.29) is 12.1 Å². The van der Waals surface area contributed by atoms with Crippen LogP contribution in [0.5, 0.6) is 0 Å². The highest BCUT2D eigenvalue weighted by molar-refractivity contribution is 5.92. The van der Waals surface area contributed by atoms with Crippen molar-refractivity contribution in [3.63, 3.8) is 0 Å². The number of rotatable bonds is 1. The number of aliphatic hydroxyl groups is 1. The average Bonchev–Trinajstić information content (AvgIpc) is 2.67. The second kappa shape index (κ2) is 3.99. The summed E-state index contributed by atoms with van der Waals surface area (Å²) in [6.07, 6.45) is -0.691. The number of amides is 2. The molecule has 0 spiro atoms. The van der Waals surface area contributed by atoms with Gasteiger partial charge in [-0.25, -0.2) is 4.79 Å². The molecule has 2 aromatic carbocycles. The predicted octanol–water partition coefficient (Wildman–Crippen LogP) is 1.86. The minimum Gasteiger partial charge on any atom is -0.386 e. The van der Waals surface area contributed by atoms with E-state index in [0.29, 0.717) is 0 Å². The van der Waals surface area contributed by atoms with Crippen LogP contribution in [0.2, 0.25) is 0 Å². The zero-order valence-electron chi connectivity index (χ0n) is 9.97. The monoisotopic (exact) mass is 242 g/mol. The molecule has 92 valence electrons. The maximum Gasteiger partial charge on any atom is 0.315 e. The fourth-order valence-electron chi connectivity index (χ4n) is 2.63. The summed E-state index contributed by atoms with van der Waals surface area (Å²) in [6.45, 7) is 0. The van der Waals surface area contributed by atoms with Gasteiger partial charge in [-0.1, -0.05) is 36.4 Å². The summed E-state index contributed by atoms with van der Waals surface area (Å²) in [5.41, 5.74) is 1.85. The van der Waals surface area contributed by atoms with E-state index in [2.05, 4.69) is 10.6 Å². The van der Waals surface area contributed by atoms with Crippen molar-refractivity contribution in [2.75, 3.05) is 7.05 Å². The molecule has 0 radical (unpaired) electrons. The summed E-state index contributed by atoms with van der Waals surface area (Å²) >= 11 is 0. The summed E-state index contributed by atoms with van der Waals surface area (Å²) in [6, 6.07) is 11.1. The number of carbonyl (C=O) groups excluding carboxylic acids is 1. The first-order valence-electron chi connectivity index (χ1n) is 5.90. The maximum absolute atomic E-state index is 11.5. The van der Waals surface area contributed by atoms with Crippen LogP contribution in [-0.2, 0) is 0 Å². The van der Waals surface area contributed by atoms with Gasteiger partial charge in [0, 0.05) is 7.05 Å². The summed E-state index contributed by atoms with van der Waals surface area (Å²) in [5.74, 6) is 0. The fourth-order valence-corrected chi connectivity index (χ4v) is 2.63. The number of benzene rings is 2. The molecule has 0 saturated heterocycles. The lowest BCUT2D eigenvalue weighted by atomic mass is 10.0. The van der Waals surface area contributed by atoms with Gasteiger partial charge in [-0.2, -0.15) is 0 Å². The molecule has 4 nitrogen and oxygen atoms in total. The molecular weight excluding hydrogens is 228 g/mol. The van der Waals surface area contributed by atoms with Gasteiger partial charge in [0.2, 0.25) is 0 Å². The normalized spacial score (nSPS) is 21.0. The lowest BCUT2D eigenvalue weighted by molar-refractivity contribution is 0.138. The number of hydrogen-bond donors (Lipinski definition) is 3. The second-order valence-corrected chi connectivity index (χ2v) is 4.44. The lowest BCUT2D eigenvalue weighted by Crippen LogP contribution is -2.37. The minimum atomic E-state index is -0.691. The van der Waals surface area contributed by atoms with Crippen LogP contribution < -0.4 is 10.6 Å². The molecule has 2 atom stereocenters. The Labute approximate surface area is 105 Å².